The second-order valence-electron chi connectivity index (χ2n) is 8.64. The van der Waals surface area contributed by atoms with Crippen LogP contribution in [-0.2, 0) is 24.6 Å². The minimum atomic E-state index is -4.37. The van der Waals surface area contributed by atoms with Crippen molar-refractivity contribution in [2.45, 2.75) is 18.9 Å². The average Bonchev–Trinajstić information content (AvgIpc) is 3.28. The van der Waals surface area contributed by atoms with Gasteiger partial charge in [0.15, 0.2) is 0 Å². The van der Waals surface area contributed by atoms with Gasteiger partial charge in [0.1, 0.15) is 5.69 Å². The fraction of sp³-hybridized carbons (Fsp3) is 0.346. The Balaban J connectivity index is 1.39. The molecule has 35 heavy (non-hydrogen) atoms. The maximum Gasteiger partial charge on any atom is 0.416 e. The standard InChI is InChI=1S/C26H27ClF3N3O2/c1-31-12-2-3-23(31)25(34)33-15-13-32(14-16-33)17-24(20-6-10-22(27)11-7-20)35-18-19-4-8-21(9-5-19)26(28,29)30/h2-12,24H,13-18H2,1H3/t24-/m1/s1. The minimum absolute atomic E-state index is 0.0185. The first-order valence-electron chi connectivity index (χ1n) is 11.4. The Morgan fingerprint density at radius 1 is 1.00 bits per heavy atom. The lowest BCUT2D eigenvalue weighted by Gasteiger charge is -2.36. The number of carbonyl (C=O) groups is 1. The lowest BCUT2D eigenvalue weighted by molar-refractivity contribution is -0.137. The molecular formula is C26H27ClF3N3O2. The molecule has 0 N–H and O–H groups in total. The molecule has 0 bridgehead atoms. The summed E-state index contributed by atoms with van der Waals surface area (Å²) < 4.78 is 46.6. The average molecular weight is 506 g/mol. The zero-order valence-electron chi connectivity index (χ0n) is 19.3. The first-order chi connectivity index (χ1) is 16.7. The van der Waals surface area contributed by atoms with Gasteiger partial charge in [-0.2, -0.15) is 13.2 Å². The number of halogens is 4. The van der Waals surface area contributed by atoms with Crippen molar-refractivity contribution in [3.63, 3.8) is 0 Å². The van der Waals surface area contributed by atoms with Crippen LogP contribution in [0.2, 0.25) is 5.02 Å². The predicted molar refractivity (Wildman–Crippen MR) is 128 cm³/mol. The van der Waals surface area contributed by atoms with Crippen LogP contribution in [0.5, 0.6) is 0 Å². The van der Waals surface area contributed by atoms with Gasteiger partial charge in [-0.15, -0.1) is 0 Å². The quantitative estimate of drug-likeness (QED) is 0.431. The number of carbonyl (C=O) groups excluding carboxylic acids is 1. The first kappa shape index (κ1) is 25.3. The van der Waals surface area contributed by atoms with E-state index in [4.69, 9.17) is 16.3 Å². The molecule has 0 saturated carbocycles. The van der Waals surface area contributed by atoms with Crippen LogP contribution in [0, 0.1) is 0 Å². The number of aromatic nitrogens is 1. The first-order valence-corrected chi connectivity index (χ1v) is 11.7. The van der Waals surface area contributed by atoms with Crippen LogP contribution >= 0.6 is 11.6 Å². The maximum absolute atomic E-state index is 12.9. The number of hydrogen-bond acceptors (Lipinski definition) is 3. The Hall–Kier alpha value is -2.81. The van der Waals surface area contributed by atoms with Gasteiger partial charge in [0.2, 0.25) is 0 Å². The summed E-state index contributed by atoms with van der Waals surface area (Å²) in [5.74, 6) is 0.0185. The van der Waals surface area contributed by atoms with E-state index in [1.54, 1.807) is 12.1 Å². The minimum Gasteiger partial charge on any atom is -0.368 e. The summed E-state index contributed by atoms with van der Waals surface area (Å²) in [6, 6.07) is 16.1. The summed E-state index contributed by atoms with van der Waals surface area (Å²) in [5, 5.41) is 0.614. The fourth-order valence-electron chi connectivity index (χ4n) is 4.13. The van der Waals surface area contributed by atoms with E-state index in [2.05, 4.69) is 4.90 Å². The number of nitrogens with zero attached hydrogens (tertiary/aromatic N) is 3. The Labute approximate surface area is 207 Å². The Bertz CT molecular complexity index is 1120. The molecule has 4 rings (SSSR count). The van der Waals surface area contributed by atoms with Crippen LogP contribution in [0.4, 0.5) is 13.2 Å². The van der Waals surface area contributed by atoms with E-state index in [1.807, 2.05) is 47.0 Å². The molecule has 1 atom stereocenters. The second-order valence-corrected chi connectivity index (χ2v) is 9.08. The molecule has 1 aliphatic rings. The third-order valence-corrected chi connectivity index (χ3v) is 6.47. The van der Waals surface area contributed by atoms with Crippen molar-refractivity contribution in [3.8, 4) is 0 Å². The third kappa shape index (κ3) is 6.45. The van der Waals surface area contributed by atoms with Crippen molar-refractivity contribution >= 4 is 17.5 Å². The second kappa shape index (κ2) is 10.8. The van der Waals surface area contributed by atoms with Crippen molar-refractivity contribution < 1.29 is 22.7 Å². The topological polar surface area (TPSA) is 37.7 Å². The van der Waals surface area contributed by atoms with Crippen LogP contribution in [0.15, 0.2) is 66.9 Å². The number of piperazine rings is 1. The summed E-state index contributed by atoms with van der Waals surface area (Å²) in [4.78, 5) is 16.9. The number of hydrogen-bond donors (Lipinski definition) is 0. The molecule has 0 radical (unpaired) electrons. The fourth-order valence-corrected chi connectivity index (χ4v) is 4.26. The van der Waals surface area contributed by atoms with E-state index in [0.29, 0.717) is 49.0 Å². The molecule has 1 aromatic heterocycles. The molecule has 9 heteroatoms. The summed E-state index contributed by atoms with van der Waals surface area (Å²) in [7, 11) is 1.86. The number of alkyl halides is 3. The SMILES string of the molecule is Cn1cccc1C(=O)N1CCN(C[C@@H](OCc2ccc(C(F)(F)F)cc2)c2ccc(Cl)cc2)CC1. The zero-order valence-corrected chi connectivity index (χ0v) is 20.1. The molecule has 3 aromatic rings. The highest BCUT2D eigenvalue weighted by Gasteiger charge is 2.30. The lowest BCUT2D eigenvalue weighted by atomic mass is 10.1. The van der Waals surface area contributed by atoms with Gasteiger partial charge in [-0.1, -0.05) is 35.9 Å². The van der Waals surface area contributed by atoms with E-state index in [1.165, 1.54) is 12.1 Å². The van der Waals surface area contributed by atoms with Crippen LogP contribution in [0.3, 0.4) is 0 Å². The predicted octanol–water partition coefficient (Wildman–Crippen LogP) is 5.41. The van der Waals surface area contributed by atoms with Crippen LogP contribution in [0.1, 0.15) is 33.3 Å². The highest BCUT2D eigenvalue weighted by molar-refractivity contribution is 6.30. The van der Waals surface area contributed by atoms with Gasteiger partial charge < -0.3 is 14.2 Å². The number of benzene rings is 2. The smallest absolute Gasteiger partial charge is 0.368 e. The maximum atomic E-state index is 12.9. The number of rotatable bonds is 7. The van der Waals surface area contributed by atoms with Crippen LogP contribution in [-0.4, -0.2) is 53.0 Å². The highest BCUT2D eigenvalue weighted by atomic mass is 35.5. The van der Waals surface area contributed by atoms with Gasteiger partial charge in [-0.25, -0.2) is 0 Å². The third-order valence-electron chi connectivity index (χ3n) is 6.22. The van der Waals surface area contributed by atoms with Gasteiger partial charge >= 0.3 is 6.18 Å². The molecule has 0 unspecified atom stereocenters. The Kier molecular flexibility index (Phi) is 7.84. The molecule has 5 nitrogen and oxygen atoms in total. The molecule has 186 valence electrons. The van der Waals surface area contributed by atoms with Crippen molar-refractivity contribution in [1.82, 2.24) is 14.4 Å². The molecule has 0 spiro atoms. The van der Waals surface area contributed by atoms with Crippen molar-refractivity contribution in [1.29, 1.82) is 0 Å². The van der Waals surface area contributed by atoms with Gasteiger partial charge in [0.05, 0.1) is 18.3 Å². The number of amides is 1. The zero-order chi connectivity index (χ0) is 25.0. The van der Waals surface area contributed by atoms with Crippen molar-refractivity contribution in [3.05, 3.63) is 94.3 Å². The molecule has 2 aromatic carbocycles. The number of ether oxygens (including phenoxy) is 1. The molecule has 1 amide bonds. The van der Waals surface area contributed by atoms with E-state index >= 15 is 0 Å². The normalized spacial score (nSPS) is 15.9. The van der Waals surface area contributed by atoms with E-state index in [-0.39, 0.29) is 18.6 Å². The molecule has 0 aliphatic carbocycles. The monoisotopic (exact) mass is 505 g/mol. The van der Waals surface area contributed by atoms with Gasteiger partial charge in [0, 0.05) is 51.0 Å². The van der Waals surface area contributed by atoms with Crippen LogP contribution in [0.25, 0.3) is 0 Å². The Morgan fingerprint density at radius 2 is 1.66 bits per heavy atom. The summed E-state index contributed by atoms with van der Waals surface area (Å²) in [6.45, 7) is 3.38. The van der Waals surface area contributed by atoms with E-state index < -0.39 is 11.7 Å². The molecule has 1 fully saturated rings. The molecular weight excluding hydrogens is 479 g/mol. The molecule has 2 heterocycles. The molecule has 1 aliphatic heterocycles. The lowest BCUT2D eigenvalue weighted by Crippen LogP contribution is -2.50. The van der Waals surface area contributed by atoms with Crippen LogP contribution < -0.4 is 0 Å². The Morgan fingerprint density at radius 3 is 2.23 bits per heavy atom. The summed E-state index contributed by atoms with van der Waals surface area (Å²) in [6.07, 6.45) is -2.81. The highest BCUT2D eigenvalue weighted by Crippen LogP contribution is 2.30. The van der Waals surface area contributed by atoms with Crippen molar-refractivity contribution in [2.24, 2.45) is 7.05 Å². The summed E-state index contributed by atoms with van der Waals surface area (Å²) in [5.41, 5.74) is 1.58. The largest absolute Gasteiger partial charge is 0.416 e. The van der Waals surface area contributed by atoms with Crippen molar-refractivity contribution in [2.75, 3.05) is 32.7 Å². The van der Waals surface area contributed by atoms with Gasteiger partial charge in [0.25, 0.3) is 5.91 Å². The summed E-state index contributed by atoms with van der Waals surface area (Å²) >= 11 is 6.05. The number of aryl methyl sites for hydroxylation is 1. The molecule has 1 saturated heterocycles. The van der Waals surface area contributed by atoms with Gasteiger partial charge in [-0.3, -0.25) is 9.69 Å². The van der Waals surface area contributed by atoms with E-state index in [9.17, 15) is 18.0 Å². The van der Waals surface area contributed by atoms with E-state index in [0.717, 1.165) is 17.7 Å². The van der Waals surface area contributed by atoms with Gasteiger partial charge in [-0.05, 0) is 47.5 Å².